The van der Waals surface area contributed by atoms with Gasteiger partial charge in [0.2, 0.25) is 5.91 Å². The molecule has 0 saturated carbocycles. The molecule has 9 heteroatoms. The van der Waals surface area contributed by atoms with E-state index in [4.69, 9.17) is 5.26 Å². The minimum Gasteiger partial charge on any atom is -0.329 e. The van der Waals surface area contributed by atoms with Crippen LogP contribution >= 0.6 is 11.8 Å². The zero-order chi connectivity index (χ0) is 21.1. The van der Waals surface area contributed by atoms with Crippen LogP contribution in [-0.4, -0.2) is 45.2 Å². The molecule has 0 unspecified atom stereocenters. The SMILES string of the molecule is N#Cc1ccc(-n2c(SCCCN3C(=O)CNC3=O)nc3ccccc3c2=O)cc1. The molecule has 1 fully saturated rings. The Kier molecular flexibility index (Phi) is 5.50. The number of aromatic nitrogens is 2. The summed E-state index contributed by atoms with van der Waals surface area (Å²) in [6.07, 6.45) is 0.569. The molecule has 0 spiro atoms. The van der Waals surface area contributed by atoms with E-state index < -0.39 is 0 Å². The maximum atomic E-state index is 13.2. The van der Waals surface area contributed by atoms with Gasteiger partial charge in [-0.25, -0.2) is 9.78 Å². The lowest BCUT2D eigenvalue weighted by molar-refractivity contribution is -0.124. The van der Waals surface area contributed by atoms with Crippen molar-refractivity contribution < 1.29 is 9.59 Å². The topological polar surface area (TPSA) is 108 Å². The molecule has 2 heterocycles. The van der Waals surface area contributed by atoms with E-state index in [9.17, 15) is 14.4 Å². The molecule has 3 aromatic rings. The summed E-state index contributed by atoms with van der Waals surface area (Å²) in [4.78, 5) is 42.3. The predicted molar refractivity (Wildman–Crippen MR) is 113 cm³/mol. The molecular weight excluding hydrogens is 402 g/mol. The highest BCUT2D eigenvalue weighted by molar-refractivity contribution is 7.99. The molecule has 0 atom stereocenters. The van der Waals surface area contributed by atoms with Crippen LogP contribution in [0.25, 0.3) is 16.6 Å². The van der Waals surface area contributed by atoms with E-state index in [0.29, 0.717) is 46.0 Å². The highest BCUT2D eigenvalue weighted by Gasteiger charge is 2.27. The molecule has 1 aromatic heterocycles. The lowest BCUT2D eigenvalue weighted by Gasteiger charge is -2.14. The van der Waals surface area contributed by atoms with Gasteiger partial charge < -0.3 is 5.32 Å². The molecule has 1 aliphatic rings. The molecule has 4 rings (SSSR count). The number of imide groups is 1. The molecule has 1 aliphatic heterocycles. The summed E-state index contributed by atoms with van der Waals surface area (Å²) < 4.78 is 1.53. The van der Waals surface area contributed by atoms with Gasteiger partial charge in [0.15, 0.2) is 5.16 Å². The quantitative estimate of drug-likeness (QED) is 0.284. The second-order valence-corrected chi connectivity index (χ2v) is 7.68. The number of nitriles is 1. The van der Waals surface area contributed by atoms with E-state index in [-0.39, 0.29) is 24.0 Å². The van der Waals surface area contributed by atoms with Crippen LogP contribution in [-0.2, 0) is 4.79 Å². The number of hydrogen-bond acceptors (Lipinski definition) is 6. The van der Waals surface area contributed by atoms with Gasteiger partial charge in [0.25, 0.3) is 5.56 Å². The van der Waals surface area contributed by atoms with Gasteiger partial charge in [-0.05, 0) is 42.8 Å². The van der Waals surface area contributed by atoms with Crippen molar-refractivity contribution in [2.24, 2.45) is 0 Å². The molecule has 3 amide bonds. The van der Waals surface area contributed by atoms with Gasteiger partial charge in [-0.3, -0.25) is 19.1 Å². The molecule has 150 valence electrons. The first kappa shape index (κ1) is 19.7. The van der Waals surface area contributed by atoms with Crippen LogP contribution in [0.2, 0.25) is 0 Å². The summed E-state index contributed by atoms with van der Waals surface area (Å²) in [5, 5.41) is 12.5. The van der Waals surface area contributed by atoms with Crippen molar-refractivity contribution in [1.82, 2.24) is 19.8 Å². The number of carbonyl (C=O) groups excluding carboxylic acids is 2. The minimum absolute atomic E-state index is 0.0381. The van der Waals surface area contributed by atoms with Gasteiger partial charge in [-0.2, -0.15) is 5.26 Å². The van der Waals surface area contributed by atoms with Gasteiger partial charge >= 0.3 is 6.03 Å². The van der Waals surface area contributed by atoms with E-state index in [1.165, 1.54) is 21.2 Å². The highest BCUT2D eigenvalue weighted by Crippen LogP contribution is 2.22. The standard InChI is InChI=1S/C21H17N5O3S/c22-12-14-6-8-15(9-7-14)26-19(28)16-4-1-2-5-17(16)24-21(26)30-11-3-10-25-18(27)13-23-20(25)29/h1-2,4-9H,3,10-11,13H2,(H,23,29). The van der Waals surface area contributed by atoms with Crippen LogP contribution in [0.5, 0.6) is 0 Å². The molecule has 0 bridgehead atoms. The van der Waals surface area contributed by atoms with Crippen molar-refractivity contribution in [2.75, 3.05) is 18.8 Å². The Labute approximate surface area is 176 Å². The minimum atomic E-state index is -0.372. The Morgan fingerprint density at radius 2 is 1.87 bits per heavy atom. The number of nitrogens with one attached hydrogen (secondary N) is 1. The third-order valence-corrected chi connectivity index (χ3v) is 5.72. The number of carbonyl (C=O) groups is 2. The van der Waals surface area contributed by atoms with Crippen molar-refractivity contribution in [3.8, 4) is 11.8 Å². The Balaban J connectivity index is 1.62. The van der Waals surface area contributed by atoms with Crippen molar-refractivity contribution in [3.05, 3.63) is 64.4 Å². The molecule has 2 aromatic carbocycles. The largest absolute Gasteiger partial charge is 0.329 e. The van der Waals surface area contributed by atoms with Crippen molar-refractivity contribution in [1.29, 1.82) is 5.26 Å². The maximum absolute atomic E-state index is 13.2. The maximum Gasteiger partial charge on any atom is 0.324 e. The van der Waals surface area contributed by atoms with E-state index in [1.807, 2.05) is 6.07 Å². The monoisotopic (exact) mass is 419 g/mol. The van der Waals surface area contributed by atoms with Gasteiger partial charge in [-0.1, -0.05) is 23.9 Å². The molecule has 8 nitrogen and oxygen atoms in total. The van der Waals surface area contributed by atoms with Crippen LogP contribution in [0.15, 0.2) is 58.5 Å². The van der Waals surface area contributed by atoms with Crippen LogP contribution in [0, 0.1) is 11.3 Å². The Morgan fingerprint density at radius 3 is 2.57 bits per heavy atom. The summed E-state index contributed by atoms with van der Waals surface area (Å²) in [5.41, 5.74) is 1.53. The van der Waals surface area contributed by atoms with Crippen molar-refractivity contribution >= 4 is 34.6 Å². The van der Waals surface area contributed by atoms with Crippen LogP contribution in [0.1, 0.15) is 12.0 Å². The second kappa shape index (κ2) is 8.39. The van der Waals surface area contributed by atoms with E-state index in [1.54, 1.807) is 42.5 Å². The van der Waals surface area contributed by atoms with Gasteiger partial charge in [-0.15, -0.1) is 0 Å². The predicted octanol–water partition coefficient (Wildman–Crippen LogP) is 2.29. The molecule has 30 heavy (non-hydrogen) atoms. The lowest BCUT2D eigenvalue weighted by Crippen LogP contribution is -2.32. The smallest absolute Gasteiger partial charge is 0.324 e. The number of fused-ring (bicyclic) bond motifs is 1. The number of thioether (sulfide) groups is 1. The Morgan fingerprint density at radius 1 is 1.10 bits per heavy atom. The Bertz CT molecular complexity index is 1210. The van der Waals surface area contributed by atoms with E-state index >= 15 is 0 Å². The first-order valence-corrected chi connectivity index (χ1v) is 10.3. The fraction of sp³-hybridized carbons (Fsp3) is 0.190. The Hall–Kier alpha value is -3.64. The number of benzene rings is 2. The normalized spacial score (nSPS) is 13.5. The van der Waals surface area contributed by atoms with E-state index in [2.05, 4.69) is 16.4 Å². The van der Waals surface area contributed by atoms with Gasteiger partial charge in [0.05, 0.1) is 34.8 Å². The van der Waals surface area contributed by atoms with Crippen LogP contribution in [0.4, 0.5) is 4.79 Å². The number of hydrogen-bond donors (Lipinski definition) is 1. The van der Waals surface area contributed by atoms with Crippen molar-refractivity contribution in [3.63, 3.8) is 0 Å². The summed E-state index contributed by atoms with van der Waals surface area (Å²) >= 11 is 1.38. The van der Waals surface area contributed by atoms with E-state index in [0.717, 1.165) is 0 Å². The molecule has 1 N–H and O–H groups in total. The zero-order valence-corrected chi connectivity index (χ0v) is 16.7. The first-order chi connectivity index (χ1) is 14.6. The van der Waals surface area contributed by atoms with Gasteiger partial charge in [0.1, 0.15) is 0 Å². The molecular formula is C21H17N5O3S. The third kappa shape index (κ3) is 3.77. The summed E-state index contributed by atoms with van der Waals surface area (Å²) in [5.74, 6) is 0.335. The van der Waals surface area contributed by atoms with Crippen LogP contribution in [0.3, 0.4) is 0 Å². The number of urea groups is 1. The zero-order valence-electron chi connectivity index (χ0n) is 15.9. The first-order valence-electron chi connectivity index (χ1n) is 9.32. The summed E-state index contributed by atoms with van der Waals surface area (Å²) in [7, 11) is 0. The molecule has 1 saturated heterocycles. The van der Waals surface area contributed by atoms with Crippen molar-refractivity contribution in [2.45, 2.75) is 11.6 Å². The highest BCUT2D eigenvalue weighted by atomic mass is 32.2. The third-order valence-electron chi connectivity index (χ3n) is 4.69. The fourth-order valence-corrected chi connectivity index (χ4v) is 4.13. The number of nitrogens with zero attached hydrogens (tertiary/aromatic N) is 4. The lowest BCUT2D eigenvalue weighted by atomic mass is 10.2. The summed E-state index contributed by atoms with van der Waals surface area (Å²) in [6.45, 7) is 0.350. The van der Waals surface area contributed by atoms with Gasteiger partial charge in [0, 0.05) is 12.3 Å². The fourth-order valence-electron chi connectivity index (χ4n) is 3.19. The number of amides is 3. The molecule has 0 aliphatic carbocycles. The number of rotatable bonds is 6. The second-order valence-electron chi connectivity index (χ2n) is 6.62. The summed E-state index contributed by atoms with van der Waals surface area (Å²) in [6, 6.07) is 15.6. The van der Waals surface area contributed by atoms with Crippen LogP contribution < -0.4 is 10.9 Å². The number of para-hydroxylation sites is 1. The molecule has 0 radical (unpaired) electrons. The average molecular weight is 419 g/mol. The average Bonchev–Trinajstić information content (AvgIpc) is 3.09.